The molecule has 7 heteroatoms. The topological polar surface area (TPSA) is 73.8 Å². The van der Waals surface area contributed by atoms with E-state index in [1.54, 1.807) is 7.11 Å². The van der Waals surface area contributed by atoms with Crippen LogP contribution in [-0.4, -0.2) is 43.8 Å². The van der Waals surface area contributed by atoms with Crippen molar-refractivity contribution in [2.24, 2.45) is 0 Å². The summed E-state index contributed by atoms with van der Waals surface area (Å²) in [6.07, 6.45) is 1.79. The van der Waals surface area contributed by atoms with E-state index in [1.807, 2.05) is 60.5 Å². The molecule has 0 N–H and O–H groups in total. The monoisotopic (exact) mass is 395 g/mol. The van der Waals surface area contributed by atoms with Crippen molar-refractivity contribution < 1.29 is 19.0 Å². The van der Waals surface area contributed by atoms with Crippen molar-refractivity contribution in [1.29, 1.82) is 0 Å². The lowest BCUT2D eigenvalue weighted by atomic mass is 10.2. The number of rotatable bonds is 9. The van der Waals surface area contributed by atoms with Gasteiger partial charge in [0.1, 0.15) is 11.6 Å². The van der Waals surface area contributed by atoms with Crippen LogP contribution in [0.2, 0.25) is 0 Å². The normalized spacial score (nSPS) is 10.6. The van der Waals surface area contributed by atoms with Gasteiger partial charge in [-0.15, -0.1) is 0 Å². The molecule has 0 aliphatic heterocycles. The van der Waals surface area contributed by atoms with Crippen molar-refractivity contribution in [2.45, 2.75) is 19.3 Å². The summed E-state index contributed by atoms with van der Waals surface area (Å²) in [6, 6.07) is 15.9. The molecule has 0 amide bonds. The molecule has 3 rings (SSSR count). The maximum atomic E-state index is 11.2. The average molecular weight is 395 g/mol. The van der Waals surface area contributed by atoms with E-state index in [1.165, 1.54) is 7.11 Å². The van der Waals surface area contributed by atoms with Gasteiger partial charge in [-0.05, 0) is 49.2 Å². The Kier molecular flexibility index (Phi) is 6.84. The Morgan fingerprint density at radius 2 is 1.76 bits per heavy atom. The second kappa shape index (κ2) is 9.73. The number of nitrogens with zero attached hydrogens (tertiary/aromatic N) is 3. The quantitative estimate of drug-likeness (QED) is 0.398. The van der Waals surface area contributed by atoms with E-state index in [0.717, 1.165) is 34.6 Å². The fourth-order valence-electron chi connectivity index (χ4n) is 2.92. The number of fused-ring (bicyclic) bond motifs is 1. The molecule has 0 fully saturated rings. The van der Waals surface area contributed by atoms with Gasteiger partial charge in [0.25, 0.3) is 0 Å². The lowest BCUT2D eigenvalue weighted by molar-refractivity contribution is -0.140. The number of methoxy groups -OCH3 is 2. The molecule has 0 aliphatic rings. The molecule has 0 bridgehead atoms. The van der Waals surface area contributed by atoms with Gasteiger partial charge in [0.15, 0.2) is 0 Å². The molecule has 0 unspecified atom stereocenters. The number of carbonyl (C=O) groups is 1. The largest absolute Gasteiger partial charge is 0.497 e. The highest BCUT2D eigenvalue weighted by Crippen LogP contribution is 2.31. The van der Waals surface area contributed by atoms with Crippen LogP contribution in [0.3, 0.4) is 0 Å². The zero-order valence-corrected chi connectivity index (χ0v) is 16.9. The summed E-state index contributed by atoms with van der Waals surface area (Å²) in [7, 11) is 4.99. The molecule has 0 saturated heterocycles. The highest BCUT2D eigenvalue weighted by atomic mass is 16.5. The van der Waals surface area contributed by atoms with E-state index < -0.39 is 0 Å². The molecule has 3 aromatic rings. The molecule has 2 aromatic carbocycles. The smallest absolute Gasteiger partial charge is 0.318 e. The molecule has 0 spiro atoms. The first-order valence-corrected chi connectivity index (χ1v) is 9.46. The van der Waals surface area contributed by atoms with Crippen LogP contribution in [0.15, 0.2) is 48.5 Å². The summed E-state index contributed by atoms with van der Waals surface area (Å²) in [5, 5.41) is 0.934. The Balaban J connectivity index is 1.79. The van der Waals surface area contributed by atoms with Crippen LogP contribution in [-0.2, 0) is 9.53 Å². The van der Waals surface area contributed by atoms with Crippen LogP contribution in [0.5, 0.6) is 11.8 Å². The summed E-state index contributed by atoms with van der Waals surface area (Å²) in [4.78, 5) is 22.3. The van der Waals surface area contributed by atoms with Crippen LogP contribution >= 0.6 is 0 Å². The minimum absolute atomic E-state index is 0.213. The Morgan fingerprint density at radius 3 is 2.48 bits per heavy atom. The number of esters is 1. The zero-order valence-electron chi connectivity index (χ0n) is 16.9. The SMILES string of the molecule is COC(=O)CCCCOc1nc(N(C)c2ccc(OC)cc2)c2ccccc2n1. The number of unbranched alkanes of at least 4 members (excludes halogenated alkanes) is 1. The first-order valence-electron chi connectivity index (χ1n) is 9.46. The number of aromatic nitrogens is 2. The van der Waals surface area contributed by atoms with Crippen LogP contribution in [0.25, 0.3) is 10.9 Å². The number of para-hydroxylation sites is 1. The third-order valence-electron chi connectivity index (χ3n) is 4.57. The number of anilines is 2. The van der Waals surface area contributed by atoms with Gasteiger partial charge < -0.3 is 19.1 Å². The van der Waals surface area contributed by atoms with Crippen molar-refractivity contribution in [1.82, 2.24) is 9.97 Å². The molecule has 152 valence electrons. The first-order chi connectivity index (χ1) is 14.1. The standard InChI is InChI=1S/C22H25N3O4/c1-25(16-11-13-17(27-2)14-12-16)21-18-8-4-5-9-19(18)23-22(24-21)29-15-7-6-10-20(26)28-3/h4-5,8-9,11-14H,6-7,10,15H2,1-3H3. The molecule has 0 saturated carbocycles. The van der Waals surface area contributed by atoms with Crippen LogP contribution < -0.4 is 14.4 Å². The molecule has 0 atom stereocenters. The van der Waals surface area contributed by atoms with Crippen LogP contribution in [0.4, 0.5) is 11.5 Å². The fourth-order valence-corrected chi connectivity index (χ4v) is 2.92. The van der Waals surface area contributed by atoms with E-state index in [9.17, 15) is 4.79 Å². The lowest BCUT2D eigenvalue weighted by Gasteiger charge is -2.21. The van der Waals surface area contributed by atoms with Gasteiger partial charge in [-0.3, -0.25) is 4.79 Å². The van der Waals surface area contributed by atoms with Gasteiger partial charge in [-0.25, -0.2) is 0 Å². The van der Waals surface area contributed by atoms with E-state index >= 15 is 0 Å². The second-order valence-corrected chi connectivity index (χ2v) is 6.49. The van der Waals surface area contributed by atoms with Crippen molar-refractivity contribution in [3.63, 3.8) is 0 Å². The van der Waals surface area contributed by atoms with Gasteiger partial charge in [-0.2, -0.15) is 9.97 Å². The number of hydrogen-bond acceptors (Lipinski definition) is 7. The van der Waals surface area contributed by atoms with E-state index in [-0.39, 0.29) is 5.97 Å². The molecule has 1 aromatic heterocycles. The van der Waals surface area contributed by atoms with E-state index in [4.69, 9.17) is 9.47 Å². The predicted octanol–water partition coefficient (Wildman–Crippen LogP) is 4.13. The predicted molar refractivity (Wildman–Crippen MR) is 112 cm³/mol. The Morgan fingerprint density at radius 1 is 1.00 bits per heavy atom. The molecule has 7 nitrogen and oxygen atoms in total. The summed E-state index contributed by atoms with van der Waals surface area (Å²) < 4.78 is 15.7. The van der Waals surface area contributed by atoms with Crippen molar-refractivity contribution in [3.05, 3.63) is 48.5 Å². The number of ether oxygens (including phenoxy) is 3. The highest BCUT2D eigenvalue weighted by molar-refractivity contribution is 5.91. The van der Waals surface area contributed by atoms with Crippen molar-refractivity contribution in [3.8, 4) is 11.8 Å². The van der Waals surface area contributed by atoms with Crippen molar-refractivity contribution in [2.75, 3.05) is 32.8 Å². The van der Waals surface area contributed by atoms with Gasteiger partial charge in [0, 0.05) is 24.5 Å². The lowest BCUT2D eigenvalue weighted by Crippen LogP contribution is -2.13. The van der Waals surface area contributed by atoms with Crippen LogP contribution in [0.1, 0.15) is 19.3 Å². The Bertz CT molecular complexity index is 960. The maximum Gasteiger partial charge on any atom is 0.318 e. The Hall–Kier alpha value is -3.35. The minimum Gasteiger partial charge on any atom is -0.497 e. The Labute approximate surface area is 170 Å². The third-order valence-corrected chi connectivity index (χ3v) is 4.57. The third kappa shape index (κ3) is 5.13. The summed E-state index contributed by atoms with van der Waals surface area (Å²) in [6.45, 7) is 0.432. The highest BCUT2D eigenvalue weighted by Gasteiger charge is 2.14. The molecule has 0 radical (unpaired) electrons. The zero-order chi connectivity index (χ0) is 20.6. The van der Waals surface area contributed by atoms with E-state index in [2.05, 4.69) is 14.7 Å². The molecular weight excluding hydrogens is 370 g/mol. The number of benzene rings is 2. The summed E-state index contributed by atoms with van der Waals surface area (Å²) in [5.41, 5.74) is 1.78. The van der Waals surface area contributed by atoms with Gasteiger partial charge in [-0.1, -0.05) is 12.1 Å². The minimum atomic E-state index is -0.213. The van der Waals surface area contributed by atoms with Gasteiger partial charge >= 0.3 is 12.0 Å². The maximum absolute atomic E-state index is 11.2. The van der Waals surface area contributed by atoms with Gasteiger partial charge in [0.05, 0.1) is 26.3 Å². The molecular formula is C22H25N3O4. The summed E-state index contributed by atoms with van der Waals surface area (Å²) in [5.74, 6) is 1.34. The average Bonchev–Trinajstić information content (AvgIpc) is 2.77. The number of carbonyl (C=O) groups excluding carboxylic acids is 1. The van der Waals surface area contributed by atoms with Crippen molar-refractivity contribution >= 4 is 28.4 Å². The van der Waals surface area contributed by atoms with Gasteiger partial charge in [0.2, 0.25) is 0 Å². The molecule has 29 heavy (non-hydrogen) atoms. The molecule has 0 aliphatic carbocycles. The summed E-state index contributed by atoms with van der Waals surface area (Å²) >= 11 is 0. The first kappa shape index (κ1) is 20.4. The second-order valence-electron chi connectivity index (χ2n) is 6.49. The fraction of sp³-hybridized carbons (Fsp3) is 0.318. The van der Waals surface area contributed by atoms with Crippen LogP contribution in [0, 0.1) is 0 Å². The molecule has 1 heterocycles. The number of hydrogen-bond donors (Lipinski definition) is 0. The van der Waals surface area contributed by atoms with E-state index in [0.29, 0.717) is 25.5 Å².